The van der Waals surface area contributed by atoms with E-state index in [1.807, 2.05) is 6.92 Å². The molecule has 1 aliphatic heterocycles. The van der Waals surface area contributed by atoms with E-state index in [0.29, 0.717) is 13.0 Å². The highest BCUT2D eigenvalue weighted by molar-refractivity contribution is 5.82. The van der Waals surface area contributed by atoms with Crippen molar-refractivity contribution in [3.8, 4) is 0 Å². The van der Waals surface area contributed by atoms with Crippen LogP contribution in [0.4, 0.5) is 4.79 Å². The van der Waals surface area contributed by atoms with Gasteiger partial charge in [-0.1, -0.05) is 26.2 Å². The van der Waals surface area contributed by atoms with E-state index in [0.717, 1.165) is 25.9 Å². The predicted octanol–water partition coefficient (Wildman–Crippen LogP) is 1.80. The van der Waals surface area contributed by atoms with Gasteiger partial charge in [-0.25, -0.2) is 9.59 Å². The lowest BCUT2D eigenvalue weighted by Gasteiger charge is -2.32. The van der Waals surface area contributed by atoms with Crippen molar-refractivity contribution < 1.29 is 14.7 Å². The molecule has 0 saturated carbocycles. The Balaban J connectivity index is 2.29. The number of hydrogen-bond acceptors (Lipinski definition) is 3. The van der Waals surface area contributed by atoms with Crippen LogP contribution in [0.5, 0.6) is 0 Å². The van der Waals surface area contributed by atoms with Gasteiger partial charge in [0.15, 0.2) is 0 Å². The molecule has 1 unspecified atom stereocenters. The Hall–Kier alpha value is -1.30. The molecule has 1 saturated heterocycles. The normalized spacial score (nSPS) is 18.8. The molecule has 1 fully saturated rings. The lowest BCUT2D eigenvalue weighted by atomic mass is 10.1. The molecule has 6 nitrogen and oxygen atoms in total. The first-order chi connectivity index (χ1) is 10.0. The van der Waals surface area contributed by atoms with Gasteiger partial charge in [-0.2, -0.15) is 0 Å². The van der Waals surface area contributed by atoms with Crippen LogP contribution in [0.2, 0.25) is 0 Å². The molecule has 0 aromatic rings. The minimum absolute atomic E-state index is 0.287. The summed E-state index contributed by atoms with van der Waals surface area (Å²) in [4.78, 5) is 25.3. The highest BCUT2D eigenvalue weighted by Gasteiger charge is 2.20. The summed E-state index contributed by atoms with van der Waals surface area (Å²) >= 11 is 0. The average molecular weight is 299 g/mol. The molecule has 1 aliphatic rings. The van der Waals surface area contributed by atoms with E-state index < -0.39 is 12.0 Å². The van der Waals surface area contributed by atoms with E-state index in [1.54, 1.807) is 0 Å². The van der Waals surface area contributed by atoms with E-state index >= 15 is 0 Å². The topological polar surface area (TPSA) is 81.7 Å². The predicted molar refractivity (Wildman–Crippen MR) is 82.4 cm³/mol. The number of carbonyl (C=O) groups excluding carboxylic acids is 1. The van der Waals surface area contributed by atoms with Gasteiger partial charge in [-0.15, -0.1) is 0 Å². The van der Waals surface area contributed by atoms with Crippen molar-refractivity contribution in [3.63, 3.8) is 0 Å². The Kier molecular flexibility index (Phi) is 8.12. The highest BCUT2D eigenvalue weighted by Crippen LogP contribution is 2.11. The molecule has 1 heterocycles. The van der Waals surface area contributed by atoms with E-state index in [1.165, 1.54) is 19.3 Å². The van der Waals surface area contributed by atoms with E-state index in [-0.39, 0.29) is 12.1 Å². The summed E-state index contributed by atoms with van der Waals surface area (Å²) in [6, 6.07) is -0.896. The second kappa shape index (κ2) is 9.60. The zero-order chi connectivity index (χ0) is 15.7. The van der Waals surface area contributed by atoms with Gasteiger partial charge >= 0.3 is 12.0 Å². The molecule has 122 valence electrons. The number of likely N-dealkylation sites (tertiary alicyclic amines) is 1. The van der Waals surface area contributed by atoms with Gasteiger partial charge in [-0.3, -0.25) is 4.90 Å². The second-order valence-corrected chi connectivity index (χ2v) is 5.83. The maximum Gasteiger partial charge on any atom is 0.326 e. The molecule has 2 amide bonds. The summed E-state index contributed by atoms with van der Waals surface area (Å²) in [6.07, 6.45) is 5.90. The summed E-state index contributed by atoms with van der Waals surface area (Å²) < 4.78 is 0. The number of rotatable bonds is 8. The third-order valence-electron chi connectivity index (χ3n) is 4.02. The van der Waals surface area contributed by atoms with Gasteiger partial charge < -0.3 is 15.7 Å². The number of nitrogens with zero attached hydrogens (tertiary/aromatic N) is 1. The molecule has 6 heteroatoms. The monoisotopic (exact) mass is 299 g/mol. The zero-order valence-electron chi connectivity index (χ0n) is 13.2. The summed E-state index contributed by atoms with van der Waals surface area (Å²) in [5.74, 6) is -0.970. The lowest BCUT2D eigenvalue weighted by molar-refractivity contribution is -0.139. The number of amides is 2. The standard InChI is InChI=1S/C15H29N3O3/c1-3-4-8-13(14(19)20)17-15(21)16-11-12(2)18-9-6-5-7-10-18/h12-13H,3-11H2,1-2H3,(H,19,20)(H2,16,17,21)/t12?,13-/m0/s1. The summed E-state index contributed by atoms with van der Waals surface area (Å²) in [5.41, 5.74) is 0. The minimum atomic E-state index is -0.970. The number of carboxylic acid groups (broad SMARTS) is 1. The van der Waals surface area contributed by atoms with Gasteiger partial charge in [0, 0.05) is 12.6 Å². The molecule has 0 bridgehead atoms. The first kappa shape index (κ1) is 17.8. The second-order valence-electron chi connectivity index (χ2n) is 5.83. The molecular formula is C15H29N3O3. The number of hydrogen-bond donors (Lipinski definition) is 3. The lowest BCUT2D eigenvalue weighted by Crippen LogP contribution is -2.50. The Morgan fingerprint density at radius 3 is 2.48 bits per heavy atom. The quantitative estimate of drug-likeness (QED) is 0.638. The Labute approximate surface area is 127 Å². The fourth-order valence-electron chi connectivity index (χ4n) is 2.60. The smallest absolute Gasteiger partial charge is 0.326 e. The fourth-order valence-corrected chi connectivity index (χ4v) is 2.60. The van der Waals surface area contributed by atoms with Gasteiger partial charge in [0.25, 0.3) is 0 Å². The first-order valence-electron chi connectivity index (χ1n) is 8.05. The molecule has 0 aliphatic carbocycles. The third kappa shape index (κ3) is 6.80. The fraction of sp³-hybridized carbons (Fsp3) is 0.867. The molecule has 0 aromatic heterocycles. The SMILES string of the molecule is CCCC[C@H](NC(=O)NCC(C)N1CCCCC1)C(=O)O. The summed E-state index contributed by atoms with van der Waals surface area (Å²) in [5, 5.41) is 14.4. The van der Waals surface area contributed by atoms with Crippen LogP contribution in [0.3, 0.4) is 0 Å². The summed E-state index contributed by atoms with van der Waals surface area (Å²) in [6.45, 7) is 6.81. The third-order valence-corrected chi connectivity index (χ3v) is 4.02. The number of carboxylic acids is 1. The number of unbranched alkanes of at least 4 members (excludes halogenated alkanes) is 1. The van der Waals surface area contributed by atoms with Crippen LogP contribution in [-0.4, -0.2) is 53.7 Å². The van der Waals surface area contributed by atoms with Crippen molar-refractivity contribution in [3.05, 3.63) is 0 Å². The van der Waals surface area contributed by atoms with Crippen LogP contribution >= 0.6 is 0 Å². The van der Waals surface area contributed by atoms with E-state index in [2.05, 4.69) is 22.5 Å². The van der Waals surface area contributed by atoms with Crippen LogP contribution in [0, 0.1) is 0 Å². The van der Waals surface area contributed by atoms with E-state index in [4.69, 9.17) is 5.11 Å². The largest absolute Gasteiger partial charge is 0.480 e. The van der Waals surface area contributed by atoms with Crippen molar-refractivity contribution in [1.82, 2.24) is 15.5 Å². The van der Waals surface area contributed by atoms with Crippen LogP contribution in [0.25, 0.3) is 0 Å². The van der Waals surface area contributed by atoms with Crippen molar-refractivity contribution >= 4 is 12.0 Å². The molecule has 3 N–H and O–H groups in total. The molecular weight excluding hydrogens is 270 g/mol. The molecule has 0 radical (unpaired) electrons. The average Bonchev–Trinajstić information content (AvgIpc) is 2.49. The minimum Gasteiger partial charge on any atom is -0.480 e. The molecule has 2 atom stereocenters. The highest BCUT2D eigenvalue weighted by atomic mass is 16.4. The van der Waals surface area contributed by atoms with Crippen molar-refractivity contribution in [1.29, 1.82) is 0 Å². The molecule has 1 rings (SSSR count). The maximum atomic E-state index is 11.8. The maximum absolute atomic E-state index is 11.8. The van der Waals surface area contributed by atoms with Gasteiger partial charge in [0.2, 0.25) is 0 Å². The Bertz CT molecular complexity index is 330. The van der Waals surface area contributed by atoms with Crippen molar-refractivity contribution in [2.45, 2.75) is 64.5 Å². The number of carbonyl (C=O) groups is 2. The Morgan fingerprint density at radius 2 is 1.90 bits per heavy atom. The summed E-state index contributed by atoms with van der Waals surface area (Å²) in [7, 11) is 0. The van der Waals surface area contributed by atoms with Crippen molar-refractivity contribution in [2.24, 2.45) is 0 Å². The van der Waals surface area contributed by atoms with Gasteiger partial charge in [0.05, 0.1) is 0 Å². The van der Waals surface area contributed by atoms with Crippen LogP contribution in [0.1, 0.15) is 52.4 Å². The van der Waals surface area contributed by atoms with Crippen molar-refractivity contribution in [2.75, 3.05) is 19.6 Å². The van der Waals surface area contributed by atoms with Crippen LogP contribution in [0.15, 0.2) is 0 Å². The number of urea groups is 1. The Morgan fingerprint density at radius 1 is 1.24 bits per heavy atom. The zero-order valence-corrected chi connectivity index (χ0v) is 13.2. The number of piperidine rings is 1. The van der Waals surface area contributed by atoms with Crippen LogP contribution < -0.4 is 10.6 Å². The number of aliphatic carboxylic acids is 1. The van der Waals surface area contributed by atoms with Gasteiger partial charge in [-0.05, 0) is 39.3 Å². The van der Waals surface area contributed by atoms with E-state index in [9.17, 15) is 9.59 Å². The molecule has 0 spiro atoms. The van der Waals surface area contributed by atoms with Crippen LogP contribution in [-0.2, 0) is 4.79 Å². The first-order valence-corrected chi connectivity index (χ1v) is 8.05. The number of nitrogens with one attached hydrogen (secondary N) is 2. The molecule has 21 heavy (non-hydrogen) atoms. The van der Waals surface area contributed by atoms with Gasteiger partial charge in [0.1, 0.15) is 6.04 Å². The molecule has 0 aromatic carbocycles.